The normalized spacial score (nSPS) is 21.1. The van der Waals surface area contributed by atoms with Crippen LogP contribution in [0.15, 0.2) is 115 Å². The zero-order valence-electron chi connectivity index (χ0n) is 23.2. The highest BCUT2D eigenvalue weighted by atomic mass is 19.1. The molecular formula is C35H38FNO4. The van der Waals surface area contributed by atoms with Crippen LogP contribution in [-0.4, -0.2) is 54.1 Å². The van der Waals surface area contributed by atoms with Crippen molar-refractivity contribution < 1.29 is 23.7 Å². The van der Waals surface area contributed by atoms with Crippen molar-refractivity contribution in [3.8, 4) is 0 Å². The molecular weight excluding hydrogens is 517 g/mol. The molecule has 5 nitrogen and oxygen atoms in total. The second kappa shape index (κ2) is 15.0. The molecule has 5 rings (SSSR count). The minimum atomic E-state index is -0.473. The summed E-state index contributed by atoms with van der Waals surface area (Å²) < 4.78 is 34.2. The molecule has 4 aromatic carbocycles. The molecule has 0 radical (unpaired) electrons. The van der Waals surface area contributed by atoms with Gasteiger partial charge >= 0.3 is 0 Å². The van der Waals surface area contributed by atoms with Crippen LogP contribution in [0.1, 0.15) is 22.3 Å². The third-order valence-corrected chi connectivity index (χ3v) is 7.64. The highest BCUT2D eigenvalue weighted by molar-refractivity contribution is 5.19. The van der Waals surface area contributed by atoms with Crippen LogP contribution < -0.4 is 0 Å². The van der Waals surface area contributed by atoms with Crippen molar-refractivity contribution >= 4 is 0 Å². The van der Waals surface area contributed by atoms with Crippen LogP contribution in [0.4, 0.5) is 4.39 Å². The van der Waals surface area contributed by atoms with Crippen LogP contribution in [0.3, 0.4) is 0 Å². The summed E-state index contributed by atoms with van der Waals surface area (Å²) in [6.45, 7) is 2.15. The molecule has 0 bridgehead atoms. The number of aliphatic hydroxyl groups excluding tert-OH is 1. The summed E-state index contributed by atoms with van der Waals surface area (Å²) >= 11 is 0. The van der Waals surface area contributed by atoms with E-state index in [1.807, 2.05) is 103 Å². The zero-order chi connectivity index (χ0) is 28.3. The Bertz CT molecular complexity index is 1310. The Kier molecular flexibility index (Phi) is 10.7. The van der Waals surface area contributed by atoms with Crippen molar-refractivity contribution in [3.05, 3.63) is 143 Å². The molecule has 0 aromatic heterocycles. The van der Waals surface area contributed by atoms with Gasteiger partial charge in [0.2, 0.25) is 0 Å². The van der Waals surface area contributed by atoms with Crippen molar-refractivity contribution in [2.75, 3.05) is 19.7 Å². The second-order valence-electron chi connectivity index (χ2n) is 10.4. The number of piperidine rings is 1. The fraction of sp³-hybridized carbons (Fsp3) is 0.314. The fourth-order valence-electron chi connectivity index (χ4n) is 5.42. The van der Waals surface area contributed by atoms with Gasteiger partial charge in [0.05, 0.1) is 38.6 Å². The van der Waals surface area contributed by atoms with Gasteiger partial charge in [0.15, 0.2) is 0 Å². The molecule has 0 unspecified atom stereocenters. The number of aliphatic hydroxyl groups is 1. The number of ether oxygens (including phenoxy) is 3. The monoisotopic (exact) mass is 555 g/mol. The van der Waals surface area contributed by atoms with Crippen molar-refractivity contribution in [2.24, 2.45) is 0 Å². The van der Waals surface area contributed by atoms with Crippen LogP contribution in [0.25, 0.3) is 0 Å². The Morgan fingerprint density at radius 1 is 0.634 bits per heavy atom. The van der Waals surface area contributed by atoms with Gasteiger partial charge < -0.3 is 19.3 Å². The lowest BCUT2D eigenvalue weighted by Gasteiger charge is -2.48. The molecule has 0 saturated carbocycles. The molecule has 1 N–H and O–H groups in total. The number of benzene rings is 4. The summed E-state index contributed by atoms with van der Waals surface area (Å²) in [7, 11) is 0. The van der Waals surface area contributed by atoms with E-state index in [0.717, 1.165) is 16.7 Å². The molecule has 1 aliphatic heterocycles. The van der Waals surface area contributed by atoms with Gasteiger partial charge in [-0.15, -0.1) is 0 Å². The molecule has 4 atom stereocenters. The maximum absolute atomic E-state index is 14.5. The largest absolute Gasteiger partial charge is 0.395 e. The molecule has 1 heterocycles. The highest BCUT2D eigenvalue weighted by Crippen LogP contribution is 2.29. The topological polar surface area (TPSA) is 51.2 Å². The molecule has 4 aromatic rings. The number of rotatable bonds is 13. The van der Waals surface area contributed by atoms with E-state index in [4.69, 9.17) is 14.2 Å². The van der Waals surface area contributed by atoms with Crippen molar-refractivity contribution in [2.45, 2.75) is 50.6 Å². The Morgan fingerprint density at radius 2 is 1.12 bits per heavy atom. The third-order valence-electron chi connectivity index (χ3n) is 7.64. The number of hydrogen-bond donors (Lipinski definition) is 1. The quantitative estimate of drug-likeness (QED) is 0.226. The zero-order valence-corrected chi connectivity index (χ0v) is 23.2. The molecule has 214 valence electrons. The predicted octanol–water partition coefficient (Wildman–Crippen LogP) is 5.80. The molecule has 41 heavy (non-hydrogen) atoms. The smallest absolute Gasteiger partial charge is 0.126 e. The van der Waals surface area contributed by atoms with E-state index in [1.54, 1.807) is 6.07 Å². The van der Waals surface area contributed by atoms with Gasteiger partial charge in [-0.2, -0.15) is 0 Å². The van der Waals surface area contributed by atoms with Crippen LogP contribution in [0, 0.1) is 5.82 Å². The highest BCUT2D eigenvalue weighted by Gasteiger charge is 2.45. The van der Waals surface area contributed by atoms with Crippen LogP contribution in [-0.2, 0) is 40.5 Å². The van der Waals surface area contributed by atoms with Crippen molar-refractivity contribution in [1.29, 1.82) is 0 Å². The molecule has 0 spiro atoms. The van der Waals surface area contributed by atoms with Crippen LogP contribution in [0.2, 0.25) is 0 Å². The number of hydrogen-bond acceptors (Lipinski definition) is 5. The maximum atomic E-state index is 14.5. The first kappa shape index (κ1) is 29.1. The Hall–Kier alpha value is -3.39. The standard InChI is InChI=1S/C35H38FNO4/c36-31-19-11-10-18-30(31)20-21-37-22-33(39-24-27-12-4-1-5-13-27)35(41-26-29-16-8-3-9-17-29)34(32(37)23-38)40-25-28-14-6-2-7-15-28/h1-19,32-35,38H,20-26H2/t32-,33+,34-,35-/m1/s1. The van der Waals surface area contributed by atoms with E-state index < -0.39 is 12.2 Å². The maximum Gasteiger partial charge on any atom is 0.126 e. The van der Waals surface area contributed by atoms with Gasteiger partial charge in [-0.1, -0.05) is 109 Å². The first-order valence-corrected chi connectivity index (χ1v) is 14.3. The molecule has 1 aliphatic rings. The average Bonchev–Trinajstić information content (AvgIpc) is 3.03. The van der Waals surface area contributed by atoms with E-state index in [1.165, 1.54) is 6.07 Å². The van der Waals surface area contributed by atoms with Gasteiger partial charge in [-0.3, -0.25) is 4.90 Å². The van der Waals surface area contributed by atoms with E-state index in [-0.39, 0.29) is 24.6 Å². The predicted molar refractivity (Wildman–Crippen MR) is 158 cm³/mol. The summed E-state index contributed by atoms with van der Waals surface area (Å²) in [6.07, 6.45) is -0.720. The average molecular weight is 556 g/mol. The van der Waals surface area contributed by atoms with E-state index in [2.05, 4.69) is 4.90 Å². The van der Waals surface area contributed by atoms with Gasteiger partial charge in [0, 0.05) is 13.1 Å². The molecule has 0 amide bonds. The summed E-state index contributed by atoms with van der Waals surface area (Å²) in [5, 5.41) is 10.7. The van der Waals surface area contributed by atoms with Gasteiger partial charge in [-0.25, -0.2) is 4.39 Å². The number of halogens is 1. The first-order valence-electron chi connectivity index (χ1n) is 14.3. The lowest BCUT2D eigenvalue weighted by molar-refractivity contribution is -0.207. The Labute approximate surface area is 242 Å². The van der Waals surface area contributed by atoms with Gasteiger partial charge in [-0.05, 0) is 34.7 Å². The van der Waals surface area contributed by atoms with Crippen LogP contribution in [0.5, 0.6) is 0 Å². The van der Waals surface area contributed by atoms with Crippen molar-refractivity contribution in [1.82, 2.24) is 4.90 Å². The van der Waals surface area contributed by atoms with E-state index in [0.29, 0.717) is 44.9 Å². The summed E-state index contributed by atoms with van der Waals surface area (Å²) in [6, 6.07) is 36.6. The van der Waals surface area contributed by atoms with Gasteiger partial charge in [0.1, 0.15) is 18.0 Å². The molecule has 0 aliphatic carbocycles. The molecule has 1 fully saturated rings. The minimum absolute atomic E-state index is 0.118. The SMILES string of the molecule is OC[C@@H]1[C@@H](OCc2ccccc2)[C@H](OCc2ccccc2)[C@@H](OCc2ccccc2)CN1CCc1ccccc1F. The third kappa shape index (κ3) is 8.09. The van der Waals surface area contributed by atoms with Crippen molar-refractivity contribution in [3.63, 3.8) is 0 Å². The Balaban J connectivity index is 1.41. The lowest BCUT2D eigenvalue weighted by Crippen LogP contribution is -2.64. The fourth-order valence-corrected chi connectivity index (χ4v) is 5.42. The minimum Gasteiger partial charge on any atom is -0.395 e. The number of likely N-dealkylation sites (tertiary alicyclic amines) is 1. The summed E-state index contributed by atoms with van der Waals surface area (Å²) in [4.78, 5) is 2.17. The summed E-state index contributed by atoms with van der Waals surface area (Å²) in [5.74, 6) is -0.220. The molecule has 1 saturated heterocycles. The number of nitrogens with zero attached hydrogens (tertiary/aromatic N) is 1. The lowest BCUT2D eigenvalue weighted by atomic mass is 9.92. The second-order valence-corrected chi connectivity index (χ2v) is 10.4. The Morgan fingerprint density at radius 3 is 1.66 bits per heavy atom. The molecule has 6 heteroatoms. The van der Waals surface area contributed by atoms with Gasteiger partial charge in [0.25, 0.3) is 0 Å². The van der Waals surface area contributed by atoms with E-state index >= 15 is 0 Å². The summed E-state index contributed by atoms with van der Waals surface area (Å²) in [5.41, 5.74) is 3.81. The van der Waals surface area contributed by atoms with E-state index in [9.17, 15) is 9.50 Å². The first-order chi connectivity index (χ1) is 20.2. The van der Waals surface area contributed by atoms with Crippen LogP contribution >= 0.6 is 0 Å².